The fraction of sp³-hybridized carbons (Fsp3) is 0.308. The van der Waals surface area contributed by atoms with Crippen molar-refractivity contribution in [2.24, 2.45) is 0 Å². The van der Waals surface area contributed by atoms with Gasteiger partial charge in [0.1, 0.15) is 29.0 Å². The molecule has 0 amide bonds. The van der Waals surface area contributed by atoms with Gasteiger partial charge in [-0.2, -0.15) is 0 Å². The third-order valence-electron chi connectivity index (χ3n) is 2.90. The first-order valence-corrected chi connectivity index (χ1v) is 5.88. The Morgan fingerprint density at radius 1 is 1.28 bits per heavy atom. The molecule has 3 nitrogen and oxygen atoms in total. The molecule has 0 aliphatic carbocycles. The molecule has 1 aromatic heterocycles. The fourth-order valence-electron chi connectivity index (χ4n) is 2.01. The second kappa shape index (κ2) is 4.76. The van der Waals surface area contributed by atoms with Crippen LogP contribution >= 0.6 is 0 Å². The van der Waals surface area contributed by atoms with Gasteiger partial charge >= 0.3 is 0 Å². The highest BCUT2D eigenvalue weighted by Crippen LogP contribution is 2.29. The van der Waals surface area contributed by atoms with E-state index in [1.54, 1.807) is 4.57 Å². The van der Waals surface area contributed by atoms with Crippen LogP contribution in [0, 0.1) is 11.6 Å². The second-order valence-corrected chi connectivity index (χ2v) is 3.98. The molecule has 0 aliphatic heterocycles. The number of nitrogens with two attached hydrogens (primary N) is 1. The van der Waals surface area contributed by atoms with Crippen LogP contribution in [0.1, 0.15) is 19.7 Å². The van der Waals surface area contributed by atoms with Gasteiger partial charge in [0.05, 0.1) is 0 Å². The van der Waals surface area contributed by atoms with Crippen molar-refractivity contribution in [3.63, 3.8) is 0 Å². The molecule has 0 bridgehead atoms. The van der Waals surface area contributed by atoms with E-state index in [1.165, 1.54) is 0 Å². The number of benzene rings is 1. The van der Waals surface area contributed by atoms with Crippen LogP contribution in [-0.4, -0.2) is 9.55 Å². The van der Waals surface area contributed by atoms with Gasteiger partial charge in [0.15, 0.2) is 0 Å². The maximum atomic E-state index is 13.7. The highest BCUT2D eigenvalue weighted by Gasteiger charge is 2.17. The normalized spacial score (nSPS) is 10.9. The number of rotatable bonds is 3. The molecular weight excluding hydrogens is 236 g/mol. The van der Waals surface area contributed by atoms with E-state index in [0.29, 0.717) is 24.5 Å². The summed E-state index contributed by atoms with van der Waals surface area (Å²) < 4.78 is 28.7. The van der Waals surface area contributed by atoms with Crippen LogP contribution in [0.15, 0.2) is 18.2 Å². The van der Waals surface area contributed by atoms with E-state index in [0.717, 1.165) is 24.0 Å². The number of anilines is 1. The SMILES string of the molecule is CCc1nc(-c2cc(F)ccc2F)c(N)n1CC. The first-order chi connectivity index (χ1) is 8.58. The molecule has 2 rings (SSSR count). The molecule has 0 saturated heterocycles. The number of halogens is 2. The summed E-state index contributed by atoms with van der Waals surface area (Å²) >= 11 is 0. The van der Waals surface area contributed by atoms with E-state index >= 15 is 0 Å². The molecule has 0 aliphatic rings. The van der Waals surface area contributed by atoms with Crippen molar-refractivity contribution in [2.45, 2.75) is 26.8 Å². The van der Waals surface area contributed by atoms with Crippen LogP contribution in [0.5, 0.6) is 0 Å². The topological polar surface area (TPSA) is 43.8 Å². The quantitative estimate of drug-likeness (QED) is 0.911. The zero-order valence-corrected chi connectivity index (χ0v) is 10.4. The Bertz CT molecular complexity index is 576. The average molecular weight is 251 g/mol. The number of imidazole rings is 1. The van der Waals surface area contributed by atoms with E-state index in [2.05, 4.69) is 4.98 Å². The lowest BCUT2D eigenvalue weighted by atomic mass is 10.1. The van der Waals surface area contributed by atoms with Gasteiger partial charge in [0, 0.05) is 18.5 Å². The molecular formula is C13H15F2N3. The Balaban J connectivity index is 2.64. The molecule has 0 spiro atoms. The van der Waals surface area contributed by atoms with Gasteiger partial charge in [-0.1, -0.05) is 6.92 Å². The molecule has 0 fully saturated rings. The van der Waals surface area contributed by atoms with Crippen molar-refractivity contribution in [3.8, 4) is 11.3 Å². The van der Waals surface area contributed by atoms with E-state index in [1.807, 2.05) is 13.8 Å². The summed E-state index contributed by atoms with van der Waals surface area (Å²) in [5.41, 5.74) is 6.37. The molecule has 0 radical (unpaired) electrons. The molecule has 1 heterocycles. The third-order valence-corrected chi connectivity index (χ3v) is 2.90. The minimum atomic E-state index is -0.522. The van der Waals surface area contributed by atoms with Gasteiger partial charge < -0.3 is 10.3 Å². The van der Waals surface area contributed by atoms with Gasteiger partial charge in [-0.05, 0) is 25.1 Å². The summed E-state index contributed by atoms with van der Waals surface area (Å²) in [5, 5.41) is 0. The maximum Gasteiger partial charge on any atom is 0.132 e. The largest absolute Gasteiger partial charge is 0.383 e. The standard InChI is InChI=1S/C13H15F2N3/c1-3-11-17-12(13(16)18(11)4-2)9-7-8(14)5-6-10(9)15/h5-7H,3-4,16H2,1-2H3. The molecule has 0 atom stereocenters. The Labute approximate surface area is 104 Å². The predicted molar refractivity (Wildman–Crippen MR) is 67.0 cm³/mol. The van der Waals surface area contributed by atoms with Crippen molar-refractivity contribution in [1.29, 1.82) is 0 Å². The monoisotopic (exact) mass is 251 g/mol. The number of nitrogen functional groups attached to an aromatic ring is 1. The van der Waals surface area contributed by atoms with Crippen LogP contribution in [0.3, 0.4) is 0 Å². The summed E-state index contributed by atoms with van der Waals surface area (Å²) in [6, 6.07) is 3.28. The lowest BCUT2D eigenvalue weighted by Gasteiger charge is -2.05. The molecule has 96 valence electrons. The van der Waals surface area contributed by atoms with E-state index in [9.17, 15) is 8.78 Å². The number of hydrogen-bond donors (Lipinski definition) is 1. The summed E-state index contributed by atoms with van der Waals surface area (Å²) in [4.78, 5) is 4.30. The Morgan fingerprint density at radius 2 is 2.00 bits per heavy atom. The first kappa shape index (κ1) is 12.5. The first-order valence-electron chi connectivity index (χ1n) is 5.88. The zero-order chi connectivity index (χ0) is 13.3. The van der Waals surface area contributed by atoms with Crippen LogP contribution < -0.4 is 5.73 Å². The van der Waals surface area contributed by atoms with Crippen LogP contribution in [-0.2, 0) is 13.0 Å². The Morgan fingerprint density at radius 3 is 2.56 bits per heavy atom. The van der Waals surface area contributed by atoms with Crippen molar-refractivity contribution < 1.29 is 8.78 Å². The van der Waals surface area contributed by atoms with Gasteiger partial charge in [0.25, 0.3) is 0 Å². The summed E-state index contributed by atoms with van der Waals surface area (Å²) in [7, 11) is 0. The van der Waals surface area contributed by atoms with Crippen LogP contribution in [0.4, 0.5) is 14.6 Å². The van der Waals surface area contributed by atoms with Crippen LogP contribution in [0.2, 0.25) is 0 Å². The molecule has 18 heavy (non-hydrogen) atoms. The highest BCUT2D eigenvalue weighted by molar-refractivity contribution is 5.71. The van der Waals surface area contributed by atoms with E-state index in [4.69, 9.17) is 5.73 Å². The smallest absolute Gasteiger partial charge is 0.132 e. The fourth-order valence-corrected chi connectivity index (χ4v) is 2.01. The maximum absolute atomic E-state index is 13.7. The van der Waals surface area contributed by atoms with E-state index in [-0.39, 0.29) is 5.56 Å². The molecule has 2 N–H and O–H groups in total. The summed E-state index contributed by atoms with van der Waals surface area (Å²) in [5.74, 6) is 0.119. The third kappa shape index (κ3) is 1.96. The lowest BCUT2D eigenvalue weighted by molar-refractivity contribution is 0.603. The van der Waals surface area contributed by atoms with Crippen molar-refractivity contribution in [3.05, 3.63) is 35.7 Å². The number of aromatic nitrogens is 2. The number of aryl methyl sites for hydroxylation is 1. The molecule has 2 aromatic rings. The van der Waals surface area contributed by atoms with Crippen molar-refractivity contribution in [2.75, 3.05) is 5.73 Å². The van der Waals surface area contributed by atoms with Crippen molar-refractivity contribution in [1.82, 2.24) is 9.55 Å². The van der Waals surface area contributed by atoms with Crippen molar-refractivity contribution >= 4 is 5.82 Å². The summed E-state index contributed by atoms with van der Waals surface area (Å²) in [6.07, 6.45) is 0.689. The second-order valence-electron chi connectivity index (χ2n) is 3.98. The molecule has 1 aromatic carbocycles. The lowest BCUT2D eigenvalue weighted by Crippen LogP contribution is -2.04. The highest BCUT2D eigenvalue weighted by atomic mass is 19.1. The Hall–Kier alpha value is -1.91. The minimum Gasteiger partial charge on any atom is -0.383 e. The van der Waals surface area contributed by atoms with Crippen LogP contribution in [0.25, 0.3) is 11.3 Å². The minimum absolute atomic E-state index is 0.106. The van der Waals surface area contributed by atoms with Gasteiger partial charge in [0.2, 0.25) is 0 Å². The number of hydrogen-bond acceptors (Lipinski definition) is 2. The Kier molecular flexibility index (Phi) is 3.32. The number of nitrogens with zero attached hydrogens (tertiary/aromatic N) is 2. The molecule has 0 unspecified atom stereocenters. The van der Waals surface area contributed by atoms with Gasteiger partial charge in [-0.3, -0.25) is 0 Å². The molecule has 5 heteroatoms. The predicted octanol–water partition coefficient (Wildman–Crippen LogP) is 2.99. The zero-order valence-electron chi connectivity index (χ0n) is 10.4. The average Bonchev–Trinajstić information content (AvgIpc) is 2.68. The molecule has 0 saturated carbocycles. The van der Waals surface area contributed by atoms with Gasteiger partial charge in [-0.15, -0.1) is 0 Å². The van der Waals surface area contributed by atoms with E-state index < -0.39 is 11.6 Å². The summed E-state index contributed by atoms with van der Waals surface area (Å²) in [6.45, 7) is 4.53. The van der Waals surface area contributed by atoms with Gasteiger partial charge in [-0.25, -0.2) is 13.8 Å².